The van der Waals surface area contributed by atoms with Crippen LogP contribution in [0.25, 0.3) is 0 Å². The number of carbonyl (C=O) groups is 1. The van der Waals surface area contributed by atoms with Gasteiger partial charge in [-0.2, -0.15) is 0 Å². The molecule has 0 radical (unpaired) electrons. The summed E-state index contributed by atoms with van der Waals surface area (Å²) in [6.45, 7) is 3.71. The van der Waals surface area contributed by atoms with Crippen LogP contribution in [0.3, 0.4) is 0 Å². The van der Waals surface area contributed by atoms with E-state index < -0.39 is 15.8 Å². The number of allylic oxidation sites excluding steroid dienone is 3. The first-order valence-corrected chi connectivity index (χ1v) is 12.6. The molecule has 0 aromatic carbocycles. The minimum atomic E-state index is -3.05. The molecule has 2 rings (SSSR count). The van der Waals surface area contributed by atoms with Crippen molar-refractivity contribution in [1.29, 1.82) is 0 Å². The Balaban J connectivity index is 1.77. The molecule has 5 nitrogen and oxygen atoms in total. The highest BCUT2D eigenvalue weighted by molar-refractivity contribution is 7.91. The van der Waals surface area contributed by atoms with E-state index in [0.717, 1.165) is 57.8 Å². The van der Waals surface area contributed by atoms with Crippen molar-refractivity contribution < 1.29 is 23.1 Å². The second-order valence-corrected chi connectivity index (χ2v) is 10.4. The minimum absolute atomic E-state index is 0.0952. The van der Waals surface area contributed by atoms with Gasteiger partial charge in [-0.15, -0.1) is 6.58 Å². The first kappa shape index (κ1) is 23.1. The highest BCUT2D eigenvalue weighted by Gasteiger charge is 2.49. The maximum Gasteiger partial charge on any atom is 0.303 e. The molecule has 1 N–H and O–H groups in total. The summed E-state index contributed by atoms with van der Waals surface area (Å²) in [5.74, 6) is 0.149. The number of fused-ring (bicyclic) bond motifs is 2. The predicted molar refractivity (Wildman–Crippen MR) is 112 cm³/mol. The molecule has 2 bridgehead atoms. The zero-order valence-electron chi connectivity index (χ0n) is 16.9. The third kappa shape index (κ3) is 7.70. The van der Waals surface area contributed by atoms with Gasteiger partial charge in [0, 0.05) is 12.3 Å². The number of hydrogen-bond acceptors (Lipinski definition) is 4. The van der Waals surface area contributed by atoms with Gasteiger partial charge in [-0.3, -0.25) is 4.79 Å². The Hall–Kier alpha value is -1.14. The molecule has 0 aromatic rings. The van der Waals surface area contributed by atoms with E-state index in [-0.39, 0.29) is 42.0 Å². The number of unbranched alkanes of at least 4 members (excludes halogenated alkanes) is 5. The molecule has 2 aliphatic heterocycles. The van der Waals surface area contributed by atoms with Crippen molar-refractivity contribution in [2.24, 2.45) is 11.8 Å². The van der Waals surface area contributed by atoms with Gasteiger partial charge in [-0.1, -0.05) is 31.1 Å². The summed E-state index contributed by atoms with van der Waals surface area (Å²) in [5, 5.41) is 8.67. The van der Waals surface area contributed by atoms with Gasteiger partial charge in [-0.25, -0.2) is 8.42 Å². The molecule has 2 aliphatic rings. The summed E-state index contributed by atoms with van der Waals surface area (Å²) >= 11 is 0. The van der Waals surface area contributed by atoms with Crippen LogP contribution in [0, 0.1) is 11.8 Å². The Morgan fingerprint density at radius 3 is 2.43 bits per heavy atom. The second-order valence-electron chi connectivity index (χ2n) is 8.22. The number of carboxylic acid groups (broad SMARTS) is 1. The highest BCUT2D eigenvalue weighted by Crippen LogP contribution is 2.45. The first-order valence-electron chi connectivity index (χ1n) is 10.8. The molecule has 2 saturated heterocycles. The van der Waals surface area contributed by atoms with Crippen LogP contribution >= 0.6 is 0 Å². The Labute approximate surface area is 170 Å². The van der Waals surface area contributed by atoms with Gasteiger partial charge in [-0.05, 0) is 57.3 Å². The van der Waals surface area contributed by atoms with Crippen LogP contribution in [0.15, 0.2) is 24.8 Å². The number of aliphatic carboxylic acids is 1. The predicted octanol–water partition coefficient (Wildman–Crippen LogP) is 4.53. The largest absolute Gasteiger partial charge is 0.481 e. The molecule has 0 unspecified atom stereocenters. The molecule has 160 valence electrons. The molecule has 0 aromatic heterocycles. The molecule has 2 heterocycles. The van der Waals surface area contributed by atoms with E-state index >= 15 is 0 Å². The van der Waals surface area contributed by atoms with Gasteiger partial charge in [0.25, 0.3) is 0 Å². The lowest BCUT2D eigenvalue weighted by Crippen LogP contribution is -2.33. The molecular weight excluding hydrogens is 376 g/mol. The average molecular weight is 413 g/mol. The van der Waals surface area contributed by atoms with E-state index in [0.29, 0.717) is 6.42 Å². The lowest BCUT2D eigenvalue weighted by atomic mass is 9.78. The normalized spacial score (nSPS) is 26.9. The van der Waals surface area contributed by atoms with Gasteiger partial charge in [0.15, 0.2) is 9.84 Å². The summed E-state index contributed by atoms with van der Waals surface area (Å²) < 4.78 is 31.3. The SMILES string of the molecule is C=CCCCCCCS(=O)(=O)C[C@@H]1[C@@H](CC=CCCCC(=O)O)[C@H]2CC[C@@H]1O2. The third-order valence-corrected chi connectivity index (χ3v) is 7.79. The average Bonchev–Trinajstić information content (AvgIpc) is 3.23. The highest BCUT2D eigenvalue weighted by atomic mass is 32.2. The first-order chi connectivity index (χ1) is 13.4. The molecule has 6 heteroatoms. The van der Waals surface area contributed by atoms with E-state index in [1.165, 1.54) is 0 Å². The Morgan fingerprint density at radius 1 is 1.00 bits per heavy atom. The minimum Gasteiger partial charge on any atom is -0.481 e. The summed E-state index contributed by atoms with van der Waals surface area (Å²) in [6.07, 6.45) is 15.6. The van der Waals surface area contributed by atoms with Crippen molar-refractivity contribution in [3.8, 4) is 0 Å². The van der Waals surface area contributed by atoms with Crippen LogP contribution in [-0.2, 0) is 19.4 Å². The number of sulfone groups is 1. The molecule has 2 fully saturated rings. The quantitative estimate of drug-likeness (QED) is 0.316. The zero-order chi connectivity index (χ0) is 20.4. The fourth-order valence-electron chi connectivity index (χ4n) is 4.51. The number of rotatable bonds is 15. The van der Waals surface area contributed by atoms with Crippen molar-refractivity contribution in [2.75, 3.05) is 11.5 Å². The monoisotopic (exact) mass is 412 g/mol. The smallest absolute Gasteiger partial charge is 0.303 e. The lowest BCUT2D eigenvalue weighted by molar-refractivity contribution is -0.137. The summed E-state index contributed by atoms with van der Waals surface area (Å²) in [7, 11) is -3.05. The molecule has 0 amide bonds. The Morgan fingerprint density at radius 2 is 1.71 bits per heavy atom. The van der Waals surface area contributed by atoms with Crippen LogP contribution in [-0.4, -0.2) is 43.2 Å². The Bertz CT molecular complexity index is 625. The van der Waals surface area contributed by atoms with Crippen molar-refractivity contribution in [3.63, 3.8) is 0 Å². The van der Waals surface area contributed by atoms with Crippen LogP contribution in [0.4, 0.5) is 0 Å². The van der Waals surface area contributed by atoms with Crippen molar-refractivity contribution in [3.05, 3.63) is 24.8 Å². The van der Waals surface area contributed by atoms with E-state index in [4.69, 9.17) is 9.84 Å². The van der Waals surface area contributed by atoms with Crippen LogP contribution < -0.4 is 0 Å². The molecule has 0 saturated carbocycles. The molecule has 4 atom stereocenters. The van der Waals surface area contributed by atoms with Crippen molar-refractivity contribution >= 4 is 15.8 Å². The van der Waals surface area contributed by atoms with Crippen LogP contribution in [0.2, 0.25) is 0 Å². The number of carboxylic acids is 1. The summed E-state index contributed by atoms with van der Waals surface area (Å²) in [5.41, 5.74) is 0. The summed E-state index contributed by atoms with van der Waals surface area (Å²) in [6, 6.07) is 0. The maximum absolute atomic E-state index is 12.6. The van der Waals surface area contributed by atoms with Gasteiger partial charge in [0.2, 0.25) is 0 Å². The molecule has 28 heavy (non-hydrogen) atoms. The van der Waals surface area contributed by atoms with Gasteiger partial charge in [0.1, 0.15) is 0 Å². The molecule has 0 spiro atoms. The topological polar surface area (TPSA) is 80.7 Å². The fraction of sp³-hybridized carbons (Fsp3) is 0.773. The Kier molecular flexibility index (Phi) is 9.72. The van der Waals surface area contributed by atoms with Crippen LogP contribution in [0.5, 0.6) is 0 Å². The van der Waals surface area contributed by atoms with E-state index in [9.17, 15) is 13.2 Å². The number of ether oxygens (including phenoxy) is 1. The van der Waals surface area contributed by atoms with Crippen molar-refractivity contribution in [2.45, 2.75) is 82.8 Å². The van der Waals surface area contributed by atoms with Crippen molar-refractivity contribution in [1.82, 2.24) is 0 Å². The fourth-order valence-corrected chi connectivity index (χ4v) is 6.37. The van der Waals surface area contributed by atoms with Gasteiger partial charge >= 0.3 is 5.97 Å². The molecular formula is C22H36O5S. The second kappa shape index (κ2) is 11.8. The van der Waals surface area contributed by atoms with E-state index in [1.807, 2.05) is 12.2 Å². The zero-order valence-corrected chi connectivity index (χ0v) is 17.7. The lowest BCUT2D eigenvalue weighted by Gasteiger charge is -2.27. The van der Waals surface area contributed by atoms with Gasteiger partial charge in [0.05, 0.1) is 23.7 Å². The van der Waals surface area contributed by atoms with E-state index in [1.54, 1.807) is 0 Å². The summed E-state index contributed by atoms with van der Waals surface area (Å²) in [4.78, 5) is 10.5. The standard InChI is InChI=1S/C22H36O5S/c1-2-3-4-5-8-11-16-28(25,26)17-19-18(20-14-15-21(19)27-20)12-9-6-7-10-13-22(23)24/h2,6,9,18-21H,1,3-5,7-8,10-17H2,(H,23,24)/t18-,19-,20-,21+/m1/s1. The third-order valence-electron chi connectivity index (χ3n) is 5.99. The van der Waals surface area contributed by atoms with E-state index in [2.05, 4.69) is 12.7 Å². The van der Waals surface area contributed by atoms with Gasteiger partial charge < -0.3 is 9.84 Å². The maximum atomic E-state index is 12.6. The van der Waals surface area contributed by atoms with Crippen LogP contribution in [0.1, 0.15) is 70.6 Å². The molecule has 0 aliphatic carbocycles. The number of hydrogen-bond donors (Lipinski definition) is 1.